The second kappa shape index (κ2) is 7.56. The number of imidazole rings is 1. The van der Waals surface area contributed by atoms with Gasteiger partial charge in [0.2, 0.25) is 11.7 Å². The molecule has 0 aliphatic carbocycles. The molecule has 30 heavy (non-hydrogen) atoms. The highest BCUT2D eigenvalue weighted by Crippen LogP contribution is 2.28. The van der Waals surface area contributed by atoms with Crippen molar-refractivity contribution in [3.05, 3.63) is 66.1 Å². The third-order valence-electron chi connectivity index (χ3n) is 5.39. The zero-order valence-corrected chi connectivity index (χ0v) is 15.9. The van der Waals surface area contributed by atoms with Gasteiger partial charge in [0.1, 0.15) is 5.82 Å². The van der Waals surface area contributed by atoms with Crippen molar-refractivity contribution in [1.82, 2.24) is 24.6 Å². The molecule has 1 fully saturated rings. The summed E-state index contributed by atoms with van der Waals surface area (Å²) >= 11 is 0. The second-order valence-corrected chi connectivity index (χ2v) is 7.49. The molecule has 1 aliphatic rings. The molecule has 1 aliphatic heterocycles. The van der Waals surface area contributed by atoms with Gasteiger partial charge < -0.3 is 9.09 Å². The Labute approximate surface area is 169 Å². The first-order chi connectivity index (χ1) is 14.6. The van der Waals surface area contributed by atoms with Gasteiger partial charge in [0, 0.05) is 24.2 Å². The minimum absolute atomic E-state index is 0.0394. The van der Waals surface area contributed by atoms with Crippen molar-refractivity contribution < 1.29 is 17.7 Å². The smallest absolute Gasteiger partial charge is 0.231 e. The van der Waals surface area contributed by atoms with E-state index in [4.69, 9.17) is 4.52 Å². The van der Waals surface area contributed by atoms with Gasteiger partial charge in [0.25, 0.3) is 0 Å². The maximum absolute atomic E-state index is 13.7. The molecule has 5 rings (SSSR count). The van der Waals surface area contributed by atoms with Gasteiger partial charge in [0.05, 0.1) is 29.9 Å². The average Bonchev–Trinajstić information content (AvgIpc) is 3.37. The molecule has 9 heteroatoms. The Hall–Kier alpha value is -3.20. The molecule has 2 aromatic carbocycles. The summed E-state index contributed by atoms with van der Waals surface area (Å²) in [5.41, 5.74) is 1.53. The average molecular weight is 413 g/mol. The highest BCUT2D eigenvalue weighted by atomic mass is 19.2. The highest BCUT2D eigenvalue weighted by molar-refractivity contribution is 5.75. The van der Waals surface area contributed by atoms with Crippen molar-refractivity contribution in [2.75, 3.05) is 13.1 Å². The van der Waals surface area contributed by atoms with E-state index in [1.807, 2.05) is 0 Å². The van der Waals surface area contributed by atoms with Crippen LogP contribution in [0.4, 0.5) is 13.2 Å². The first-order valence-corrected chi connectivity index (χ1v) is 9.68. The van der Waals surface area contributed by atoms with Crippen LogP contribution in [-0.2, 0) is 6.67 Å². The number of hydrogen-bond donors (Lipinski definition) is 0. The van der Waals surface area contributed by atoms with Gasteiger partial charge in [-0.25, -0.2) is 18.2 Å². The topological polar surface area (TPSA) is 60.0 Å². The van der Waals surface area contributed by atoms with E-state index in [1.54, 1.807) is 23.0 Å². The lowest BCUT2D eigenvalue weighted by Crippen LogP contribution is -2.35. The molecule has 4 aromatic rings. The fourth-order valence-corrected chi connectivity index (χ4v) is 3.91. The van der Waals surface area contributed by atoms with Crippen LogP contribution in [0, 0.1) is 17.5 Å². The van der Waals surface area contributed by atoms with E-state index in [0.717, 1.165) is 25.5 Å². The van der Waals surface area contributed by atoms with Crippen LogP contribution >= 0.6 is 0 Å². The molecule has 1 unspecified atom stereocenters. The molecule has 0 spiro atoms. The van der Waals surface area contributed by atoms with Gasteiger partial charge in [-0.15, -0.1) is 0 Å². The quantitative estimate of drug-likeness (QED) is 0.498. The summed E-state index contributed by atoms with van der Waals surface area (Å²) < 4.78 is 47.8. The van der Waals surface area contributed by atoms with E-state index in [1.165, 1.54) is 18.2 Å². The SMILES string of the molecule is Fc1cccc(-c2noc(C3CCCN(Cn4cnc5cc(F)c(F)cc54)C3)n2)c1. The molecule has 0 amide bonds. The third kappa shape index (κ3) is 3.56. The zero-order valence-electron chi connectivity index (χ0n) is 15.9. The van der Waals surface area contributed by atoms with Crippen LogP contribution in [-0.4, -0.2) is 37.7 Å². The first-order valence-electron chi connectivity index (χ1n) is 9.68. The minimum atomic E-state index is -0.906. The van der Waals surface area contributed by atoms with Crippen LogP contribution in [0.15, 0.2) is 47.2 Å². The predicted molar refractivity (Wildman–Crippen MR) is 103 cm³/mol. The van der Waals surface area contributed by atoms with Gasteiger partial charge >= 0.3 is 0 Å². The van der Waals surface area contributed by atoms with Crippen LogP contribution in [0.1, 0.15) is 24.7 Å². The van der Waals surface area contributed by atoms with E-state index in [9.17, 15) is 13.2 Å². The molecular formula is C21H18F3N5O. The maximum atomic E-state index is 13.7. The van der Waals surface area contributed by atoms with Crippen LogP contribution in [0.25, 0.3) is 22.4 Å². The molecule has 3 heterocycles. The van der Waals surface area contributed by atoms with Crippen LogP contribution in [0.5, 0.6) is 0 Å². The molecule has 0 saturated carbocycles. The third-order valence-corrected chi connectivity index (χ3v) is 5.39. The predicted octanol–water partition coefficient (Wildman–Crippen LogP) is 4.34. The van der Waals surface area contributed by atoms with Gasteiger partial charge in [-0.05, 0) is 31.5 Å². The molecule has 6 nitrogen and oxygen atoms in total. The summed E-state index contributed by atoms with van der Waals surface area (Å²) in [6, 6.07) is 8.34. The number of rotatable bonds is 4. The molecule has 0 radical (unpaired) electrons. The lowest BCUT2D eigenvalue weighted by Gasteiger charge is -2.31. The van der Waals surface area contributed by atoms with Gasteiger partial charge in [-0.2, -0.15) is 4.98 Å². The molecular weight excluding hydrogens is 395 g/mol. The van der Waals surface area contributed by atoms with Crippen molar-refractivity contribution in [3.8, 4) is 11.4 Å². The summed E-state index contributed by atoms with van der Waals surface area (Å²) in [4.78, 5) is 10.8. The summed E-state index contributed by atoms with van der Waals surface area (Å²) in [6.07, 6.45) is 3.41. The van der Waals surface area contributed by atoms with Crippen molar-refractivity contribution in [1.29, 1.82) is 0 Å². The van der Waals surface area contributed by atoms with Crippen LogP contribution < -0.4 is 0 Å². The van der Waals surface area contributed by atoms with Gasteiger partial charge in [0.15, 0.2) is 11.6 Å². The molecule has 2 aromatic heterocycles. The fraction of sp³-hybridized carbons (Fsp3) is 0.286. The van der Waals surface area contributed by atoms with Gasteiger partial charge in [-0.3, -0.25) is 4.90 Å². The largest absolute Gasteiger partial charge is 0.339 e. The fourth-order valence-electron chi connectivity index (χ4n) is 3.91. The Bertz CT molecular complexity index is 1200. The number of fused-ring (bicyclic) bond motifs is 1. The van der Waals surface area contributed by atoms with Crippen LogP contribution in [0.3, 0.4) is 0 Å². The summed E-state index contributed by atoms with van der Waals surface area (Å²) in [7, 11) is 0. The Morgan fingerprint density at radius 3 is 2.83 bits per heavy atom. The molecule has 0 bridgehead atoms. The van der Waals surface area contributed by atoms with E-state index >= 15 is 0 Å². The van der Waals surface area contributed by atoms with Crippen molar-refractivity contribution >= 4 is 11.0 Å². The molecule has 1 saturated heterocycles. The summed E-state index contributed by atoms with van der Waals surface area (Å²) in [5.74, 6) is -1.24. The van der Waals surface area contributed by atoms with E-state index < -0.39 is 11.6 Å². The standard InChI is InChI=1S/C21H18F3N5O/c22-15-5-1-3-13(7-15)20-26-21(30-27-20)14-4-2-6-28(10-14)12-29-11-25-18-8-16(23)17(24)9-19(18)29/h1,3,5,7-9,11,14H,2,4,6,10,12H2. The van der Waals surface area contributed by atoms with E-state index in [0.29, 0.717) is 41.5 Å². The Morgan fingerprint density at radius 1 is 1.10 bits per heavy atom. The lowest BCUT2D eigenvalue weighted by molar-refractivity contribution is 0.153. The summed E-state index contributed by atoms with van der Waals surface area (Å²) in [6.45, 7) is 2.02. The van der Waals surface area contributed by atoms with E-state index in [-0.39, 0.29) is 11.7 Å². The number of halogens is 3. The number of nitrogens with zero attached hydrogens (tertiary/aromatic N) is 5. The normalized spacial score (nSPS) is 17.6. The number of benzene rings is 2. The number of piperidine rings is 1. The Balaban J connectivity index is 1.33. The van der Waals surface area contributed by atoms with E-state index in [2.05, 4.69) is 20.0 Å². The second-order valence-electron chi connectivity index (χ2n) is 7.49. The highest BCUT2D eigenvalue weighted by Gasteiger charge is 2.26. The maximum Gasteiger partial charge on any atom is 0.231 e. The number of aromatic nitrogens is 4. The van der Waals surface area contributed by atoms with Crippen LogP contribution in [0.2, 0.25) is 0 Å². The van der Waals surface area contributed by atoms with Crippen molar-refractivity contribution in [3.63, 3.8) is 0 Å². The zero-order chi connectivity index (χ0) is 20.7. The van der Waals surface area contributed by atoms with Crippen molar-refractivity contribution in [2.24, 2.45) is 0 Å². The first kappa shape index (κ1) is 18.8. The minimum Gasteiger partial charge on any atom is -0.339 e. The monoisotopic (exact) mass is 413 g/mol. The summed E-state index contributed by atoms with van der Waals surface area (Å²) in [5, 5.41) is 4.00. The lowest BCUT2D eigenvalue weighted by atomic mass is 9.98. The Morgan fingerprint density at radius 2 is 1.97 bits per heavy atom. The molecule has 0 N–H and O–H groups in total. The van der Waals surface area contributed by atoms with Gasteiger partial charge in [-0.1, -0.05) is 17.3 Å². The molecule has 1 atom stereocenters. The van der Waals surface area contributed by atoms with Crippen molar-refractivity contribution in [2.45, 2.75) is 25.4 Å². The number of hydrogen-bond acceptors (Lipinski definition) is 5. The Kier molecular flexibility index (Phi) is 4.74. The molecule has 154 valence electrons. The number of likely N-dealkylation sites (tertiary alicyclic amines) is 1.